The van der Waals surface area contributed by atoms with Crippen molar-refractivity contribution < 1.29 is 19.1 Å². The Hall–Kier alpha value is -2.95. The molecule has 2 amide bonds. The van der Waals surface area contributed by atoms with Crippen LogP contribution in [0.3, 0.4) is 0 Å². The lowest BCUT2D eigenvalue weighted by Crippen LogP contribution is -2.30. The number of fused-ring (bicyclic) bond motifs is 1. The van der Waals surface area contributed by atoms with E-state index >= 15 is 0 Å². The molecule has 2 fully saturated rings. The fraction of sp³-hybridized carbons (Fsp3) is 0.348. The number of benzene rings is 2. The van der Waals surface area contributed by atoms with Crippen molar-refractivity contribution in [3.63, 3.8) is 0 Å². The smallest absolute Gasteiger partial charge is 0.237 e. The van der Waals surface area contributed by atoms with Gasteiger partial charge in [-0.15, -0.1) is 0 Å². The fourth-order valence-electron chi connectivity index (χ4n) is 4.21. The largest absolute Gasteiger partial charge is 0.485 e. The average molecular weight is 377 g/mol. The first-order chi connectivity index (χ1) is 13.5. The number of Topliss-reactive ketones (excluding diaryl/α,β-unsaturated/α-hetero) is 1. The van der Waals surface area contributed by atoms with Gasteiger partial charge >= 0.3 is 0 Å². The van der Waals surface area contributed by atoms with Crippen molar-refractivity contribution in [3.05, 3.63) is 60.2 Å². The summed E-state index contributed by atoms with van der Waals surface area (Å²) in [4.78, 5) is 39.2. The normalized spacial score (nSPS) is 24.2. The van der Waals surface area contributed by atoms with Crippen LogP contribution in [-0.2, 0) is 9.59 Å². The second kappa shape index (κ2) is 7.58. The third-order valence-electron chi connectivity index (χ3n) is 5.73. The van der Waals surface area contributed by atoms with Crippen molar-refractivity contribution in [2.75, 3.05) is 11.5 Å². The van der Waals surface area contributed by atoms with Gasteiger partial charge in [0.05, 0.1) is 17.5 Å². The third-order valence-corrected chi connectivity index (χ3v) is 5.73. The third kappa shape index (κ3) is 3.44. The molecule has 1 heterocycles. The van der Waals surface area contributed by atoms with Gasteiger partial charge in [-0.05, 0) is 37.3 Å². The Morgan fingerprint density at radius 1 is 1.00 bits per heavy atom. The van der Waals surface area contributed by atoms with Crippen LogP contribution in [0.25, 0.3) is 0 Å². The lowest BCUT2D eigenvalue weighted by atomic mass is 9.76. The molecule has 0 bridgehead atoms. The minimum absolute atomic E-state index is 0.0991. The first-order valence-electron chi connectivity index (χ1n) is 9.73. The van der Waals surface area contributed by atoms with E-state index in [0.29, 0.717) is 22.9 Å². The molecule has 1 saturated heterocycles. The van der Waals surface area contributed by atoms with Gasteiger partial charge in [-0.1, -0.05) is 43.3 Å². The number of amides is 2. The van der Waals surface area contributed by atoms with Crippen LogP contribution in [0.1, 0.15) is 36.5 Å². The van der Waals surface area contributed by atoms with Crippen LogP contribution in [0.4, 0.5) is 5.69 Å². The molecule has 5 heteroatoms. The van der Waals surface area contributed by atoms with Gasteiger partial charge in [0.2, 0.25) is 11.8 Å². The molecule has 1 saturated carbocycles. The van der Waals surface area contributed by atoms with Gasteiger partial charge < -0.3 is 4.74 Å². The number of anilines is 1. The maximum absolute atomic E-state index is 12.9. The molecule has 2 aromatic rings. The van der Waals surface area contributed by atoms with Crippen molar-refractivity contribution in [1.82, 2.24) is 0 Å². The van der Waals surface area contributed by atoms with E-state index in [-0.39, 0.29) is 36.0 Å². The van der Waals surface area contributed by atoms with E-state index in [1.54, 1.807) is 48.5 Å². The molecule has 3 atom stereocenters. The van der Waals surface area contributed by atoms with Crippen molar-refractivity contribution in [2.24, 2.45) is 17.8 Å². The number of rotatable bonds is 5. The molecule has 2 aromatic carbocycles. The summed E-state index contributed by atoms with van der Waals surface area (Å²) in [7, 11) is 0. The number of hydrogen-bond acceptors (Lipinski definition) is 4. The Kier molecular flexibility index (Phi) is 4.99. The molecule has 0 unspecified atom stereocenters. The molecule has 0 N–H and O–H groups in total. The molecule has 2 aliphatic rings. The Morgan fingerprint density at radius 3 is 2.54 bits per heavy atom. The van der Waals surface area contributed by atoms with Gasteiger partial charge in [-0.2, -0.15) is 0 Å². The number of hydrogen-bond donors (Lipinski definition) is 0. The summed E-state index contributed by atoms with van der Waals surface area (Å²) >= 11 is 0. The van der Waals surface area contributed by atoms with Crippen molar-refractivity contribution in [2.45, 2.75) is 26.2 Å². The summed E-state index contributed by atoms with van der Waals surface area (Å²) in [5.74, 6) is 0.175. The highest BCUT2D eigenvalue weighted by molar-refractivity contribution is 6.22. The monoisotopic (exact) mass is 377 g/mol. The summed E-state index contributed by atoms with van der Waals surface area (Å²) in [5, 5.41) is 0. The van der Waals surface area contributed by atoms with E-state index in [4.69, 9.17) is 4.74 Å². The summed E-state index contributed by atoms with van der Waals surface area (Å²) in [6.45, 7) is 2.03. The van der Waals surface area contributed by atoms with Crippen molar-refractivity contribution >= 4 is 23.3 Å². The van der Waals surface area contributed by atoms with Crippen LogP contribution in [0.5, 0.6) is 5.75 Å². The van der Waals surface area contributed by atoms with Gasteiger partial charge in [0.15, 0.2) is 12.4 Å². The maximum Gasteiger partial charge on any atom is 0.237 e. The quantitative estimate of drug-likeness (QED) is 0.586. The van der Waals surface area contributed by atoms with Crippen LogP contribution >= 0.6 is 0 Å². The number of ether oxygens (including phenoxy) is 1. The summed E-state index contributed by atoms with van der Waals surface area (Å²) in [6, 6.07) is 15.8. The van der Waals surface area contributed by atoms with Crippen molar-refractivity contribution in [3.8, 4) is 5.75 Å². The predicted octanol–water partition coefficient (Wildman–Crippen LogP) is 3.87. The Bertz CT molecular complexity index is 908. The van der Waals surface area contributed by atoms with Gasteiger partial charge in [-0.3, -0.25) is 14.4 Å². The Morgan fingerprint density at radius 2 is 1.75 bits per heavy atom. The molecular formula is C23H23NO4. The van der Waals surface area contributed by atoms with Crippen LogP contribution in [0, 0.1) is 17.8 Å². The molecular weight excluding hydrogens is 354 g/mol. The van der Waals surface area contributed by atoms with Crippen LogP contribution < -0.4 is 9.64 Å². The van der Waals surface area contributed by atoms with Gasteiger partial charge in [0.25, 0.3) is 0 Å². The molecule has 5 nitrogen and oxygen atoms in total. The highest BCUT2D eigenvalue weighted by atomic mass is 16.5. The Labute approximate surface area is 164 Å². The highest BCUT2D eigenvalue weighted by Gasteiger charge is 2.49. The van der Waals surface area contributed by atoms with E-state index < -0.39 is 0 Å². The first-order valence-corrected chi connectivity index (χ1v) is 9.73. The number of carbonyl (C=O) groups is 3. The number of carbonyl (C=O) groups excluding carboxylic acids is 3. The van der Waals surface area contributed by atoms with E-state index in [2.05, 4.69) is 6.92 Å². The molecule has 1 aliphatic heterocycles. The van der Waals surface area contributed by atoms with E-state index in [0.717, 1.165) is 19.3 Å². The molecule has 0 aromatic heterocycles. The SMILES string of the molecule is C[C@@H]1CC[C@@H]2C(=O)N(c3cccc(OCC(=O)c4ccccc4)c3)C(=O)[C@@H]2C1. The lowest BCUT2D eigenvalue weighted by molar-refractivity contribution is -0.122. The minimum Gasteiger partial charge on any atom is -0.485 e. The van der Waals surface area contributed by atoms with Crippen LogP contribution in [0.15, 0.2) is 54.6 Å². The number of imide groups is 1. The highest BCUT2D eigenvalue weighted by Crippen LogP contribution is 2.42. The molecule has 144 valence electrons. The van der Waals surface area contributed by atoms with E-state index in [1.807, 2.05) is 6.07 Å². The molecule has 1 aliphatic carbocycles. The first kappa shape index (κ1) is 18.4. The molecule has 0 radical (unpaired) electrons. The van der Waals surface area contributed by atoms with Gasteiger partial charge in [-0.25, -0.2) is 4.90 Å². The standard InChI is InChI=1S/C23H23NO4/c1-15-10-11-19-20(12-15)23(27)24(22(19)26)17-8-5-9-18(13-17)28-14-21(25)16-6-3-2-4-7-16/h2-9,13,15,19-20H,10-12,14H2,1H3/t15-,19+,20-/m1/s1. The van der Waals surface area contributed by atoms with E-state index in [9.17, 15) is 14.4 Å². The summed E-state index contributed by atoms with van der Waals surface area (Å²) in [5.41, 5.74) is 1.10. The number of nitrogens with zero attached hydrogens (tertiary/aromatic N) is 1. The fourth-order valence-corrected chi connectivity index (χ4v) is 4.21. The molecule has 28 heavy (non-hydrogen) atoms. The topological polar surface area (TPSA) is 63.7 Å². The zero-order valence-electron chi connectivity index (χ0n) is 15.8. The Balaban J connectivity index is 1.49. The zero-order valence-corrected chi connectivity index (χ0v) is 15.8. The van der Waals surface area contributed by atoms with Crippen LogP contribution in [-0.4, -0.2) is 24.2 Å². The second-order valence-corrected chi connectivity index (χ2v) is 7.72. The lowest BCUT2D eigenvalue weighted by Gasteiger charge is -2.25. The van der Waals surface area contributed by atoms with Gasteiger partial charge in [0.1, 0.15) is 5.75 Å². The molecule has 0 spiro atoms. The predicted molar refractivity (Wildman–Crippen MR) is 105 cm³/mol. The summed E-state index contributed by atoms with van der Waals surface area (Å²) in [6.07, 6.45) is 2.53. The summed E-state index contributed by atoms with van der Waals surface area (Å²) < 4.78 is 5.63. The number of ketones is 1. The average Bonchev–Trinajstić information content (AvgIpc) is 2.96. The maximum atomic E-state index is 12.9. The second-order valence-electron chi connectivity index (χ2n) is 7.72. The van der Waals surface area contributed by atoms with E-state index in [1.165, 1.54) is 4.90 Å². The molecule has 4 rings (SSSR count). The minimum atomic E-state index is -0.208. The zero-order chi connectivity index (χ0) is 19.7. The van der Waals surface area contributed by atoms with Crippen LogP contribution in [0.2, 0.25) is 0 Å². The van der Waals surface area contributed by atoms with Gasteiger partial charge in [0, 0.05) is 11.6 Å². The van der Waals surface area contributed by atoms with Crippen molar-refractivity contribution in [1.29, 1.82) is 0 Å².